The van der Waals surface area contributed by atoms with Gasteiger partial charge in [0, 0.05) is 0 Å². The number of hydrogen-bond donors (Lipinski definition) is 0. The maximum atomic E-state index is 5.93. The summed E-state index contributed by atoms with van der Waals surface area (Å²) in [5.41, 5.74) is 3.57. The maximum absolute atomic E-state index is 5.93. The Kier molecular flexibility index (Phi) is 5.91. The second-order valence-electron chi connectivity index (χ2n) is 6.05. The zero-order valence-corrected chi connectivity index (χ0v) is 14.7. The third-order valence-electron chi connectivity index (χ3n) is 3.71. The Labute approximate surface area is 139 Å². The standard InChI is InChI=1S/C20H26O3/c1-14(2)17-8-6-15(3)12-19(17)23-11-10-22-18-9-7-16(4)13-20(18)21-5/h6-9,12-14H,10-11H2,1-5H3. The second kappa shape index (κ2) is 7.91. The molecule has 0 amide bonds. The van der Waals surface area contributed by atoms with Crippen LogP contribution in [-0.4, -0.2) is 20.3 Å². The summed E-state index contributed by atoms with van der Waals surface area (Å²) in [4.78, 5) is 0. The molecular weight excluding hydrogens is 288 g/mol. The molecule has 0 heterocycles. The van der Waals surface area contributed by atoms with E-state index in [1.165, 1.54) is 11.1 Å². The van der Waals surface area contributed by atoms with Crippen LogP contribution in [0.25, 0.3) is 0 Å². The SMILES string of the molecule is COc1cc(C)ccc1OCCOc1cc(C)ccc1C(C)C. The van der Waals surface area contributed by atoms with Crippen LogP contribution >= 0.6 is 0 Å². The van der Waals surface area contributed by atoms with Gasteiger partial charge in [0.15, 0.2) is 11.5 Å². The molecule has 0 fully saturated rings. The van der Waals surface area contributed by atoms with Crippen molar-refractivity contribution >= 4 is 0 Å². The van der Waals surface area contributed by atoms with E-state index >= 15 is 0 Å². The highest BCUT2D eigenvalue weighted by molar-refractivity contribution is 5.42. The molecule has 0 spiro atoms. The molecular formula is C20H26O3. The van der Waals surface area contributed by atoms with Crippen molar-refractivity contribution in [3.05, 3.63) is 53.1 Å². The van der Waals surface area contributed by atoms with Gasteiger partial charge in [-0.3, -0.25) is 0 Å². The zero-order valence-electron chi connectivity index (χ0n) is 14.7. The molecule has 0 aromatic heterocycles. The Morgan fingerprint density at radius 2 is 1.35 bits per heavy atom. The van der Waals surface area contributed by atoms with Crippen LogP contribution in [0.5, 0.6) is 17.2 Å². The first-order valence-electron chi connectivity index (χ1n) is 8.02. The lowest BCUT2D eigenvalue weighted by molar-refractivity contribution is 0.209. The van der Waals surface area contributed by atoms with E-state index in [1.54, 1.807) is 7.11 Å². The molecule has 0 saturated carbocycles. The van der Waals surface area contributed by atoms with Gasteiger partial charge < -0.3 is 14.2 Å². The Balaban J connectivity index is 1.95. The molecule has 0 unspecified atom stereocenters. The molecule has 0 bridgehead atoms. The Hall–Kier alpha value is -2.16. The minimum absolute atomic E-state index is 0.434. The minimum atomic E-state index is 0.434. The summed E-state index contributed by atoms with van der Waals surface area (Å²) < 4.78 is 17.1. The van der Waals surface area contributed by atoms with Crippen LogP contribution in [-0.2, 0) is 0 Å². The average molecular weight is 314 g/mol. The number of hydrogen-bond acceptors (Lipinski definition) is 3. The van der Waals surface area contributed by atoms with Gasteiger partial charge in [0.25, 0.3) is 0 Å². The van der Waals surface area contributed by atoms with E-state index in [1.807, 2.05) is 25.1 Å². The van der Waals surface area contributed by atoms with Gasteiger partial charge in [0.2, 0.25) is 0 Å². The van der Waals surface area contributed by atoms with E-state index in [4.69, 9.17) is 14.2 Å². The van der Waals surface area contributed by atoms with E-state index in [0.717, 1.165) is 22.8 Å². The summed E-state index contributed by atoms with van der Waals surface area (Å²) in [6, 6.07) is 12.3. The van der Waals surface area contributed by atoms with Crippen molar-refractivity contribution in [3.63, 3.8) is 0 Å². The predicted molar refractivity (Wildman–Crippen MR) is 94.0 cm³/mol. The fraction of sp³-hybridized carbons (Fsp3) is 0.400. The molecule has 0 atom stereocenters. The molecule has 0 aliphatic rings. The summed E-state index contributed by atoms with van der Waals surface area (Å²) in [5.74, 6) is 2.88. The van der Waals surface area contributed by atoms with Gasteiger partial charge >= 0.3 is 0 Å². The van der Waals surface area contributed by atoms with Gasteiger partial charge in [-0.25, -0.2) is 0 Å². The van der Waals surface area contributed by atoms with E-state index in [9.17, 15) is 0 Å². The van der Waals surface area contributed by atoms with Crippen LogP contribution in [0.3, 0.4) is 0 Å². The van der Waals surface area contributed by atoms with Gasteiger partial charge in [-0.1, -0.05) is 32.0 Å². The molecule has 2 aromatic rings. The molecule has 0 aliphatic carbocycles. The summed E-state index contributed by atoms with van der Waals surface area (Å²) in [7, 11) is 1.65. The quantitative estimate of drug-likeness (QED) is 0.681. The molecule has 0 saturated heterocycles. The van der Waals surface area contributed by atoms with Crippen LogP contribution < -0.4 is 14.2 Å². The first-order chi connectivity index (χ1) is 11.0. The van der Waals surface area contributed by atoms with Crippen molar-refractivity contribution in [3.8, 4) is 17.2 Å². The number of rotatable bonds is 7. The van der Waals surface area contributed by atoms with Gasteiger partial charge in [-0.2, -0.15) is 0 Å². The molecule has 3 heteroatoms. The van der Waals surface area contributed by atoms with E-state index in [2.05, 4.69) is 39.0 Å². The van der Waals surface area contributed by atoms with Crippen LogP contribution in [0, 0.1) is 13.8 Å². The molecule has 0 radical (unpaired) electrons. The van der Waals surface area contributed by atoms with Crippen molar-refractivity contribution in [1.29, 1.82) is 0 Å². The molecule has 124 valence electrons. The largest absolute Gasteiger partial charge is 0.493 e. The fourth-order valence-electron chi connectivity index (χ4n) is 2.44. The van der Waals surface area contributed by atoms with Crippen molar-refractivity contribution in [2.75, 3.05) is 20.3 Å². The summed E-state index contributed by atoms with van der Waals surface area (Å²) >= 11 is 0. The number of methoxy groups -OCH3 is 1. The first-order valence-corrected chi connectivity index (χ1v) is 8.02. The smallest absolute Gasteiger partial charge is 0.161 e. The van der Waals surface area contributed by atoms with Crippen LogP contribution in [0.15, 0.2) is 36.4 Å². The fourth-order valence-corrected chi connectivity index (χ4v) is 2.44. The Morgan fingerprint density at radius 3 is 1.96 bits per heavy atom. The van der Waals surface area contributed by atoms with Crippen molar-refractivity contribution in [2.24, 2.45) is 0 Å². The number of benzene rings is 2. The van der Waals surface area contributed by atoms with Gasteiger partial charge in [-0.15, -0.1) is 0 Å². The summed E-state index contributed by atoms with van der Waals surface area (Å²) in [6.45, 7) is 9.42. The lowest BCUT2D eigenvalue weighted by Gasteiger charge is -2.16. The first kappa shape index (κ1) is 17.2. The van der Waals surface area contributed by atoms with Crippen molar-refractivity contribution in [1.82, 2.24) is 0 Å². The average Bonchev–Trinajstić information content (AvgIpc) is 2.52. The third kappa shape index (κ3) is 4.65. The lowest BCUT2D eigenvalue weighted by atomic mass is 10.0. The van der Waals surface area contributed by atoms with Crippen molar-refractivity contribution < 1.29 is 14.2 Å². The highest BCUT2D eigenvalue weighted by Gasteiger charge is 2.09. The minimum Gasteiger partial charge on any atom is -0.493 e. The third-order valence-corrected chi connectivity index (χ3v) is 3.71. The van der Waals surface area contributed by atoms with Gasteiger partial charge in [0.1, 0.15) is 19.0 Å². The molecule has 23 heavy (non-hydrogen) atoms. The van der Waals surface area contributed by atoms with Crippen LogP contribution in [0.1, 0.15) is 36.5 Å². The van der Waals surface area contributed by atoms with E-state index in [0.29, 0.717) is 19.1 Å². The summed E-state index contributed by atoms with van der Waals surface area (Å²) in [6.07, 6.45) is 0. The Morgan fingerprint density at radius 1 is 0.783 bits per heavy atom. The van der Waals surface area contributed by atoms with E-state index in [-0.39, 0.29) is 0 Å². The molecule has 0 N–H and O–H groups in total. The van der Waals surface area contributed by atoms with E-state index < -0.39 is 0 Å². The van der Waals surface area contributed by atoms with Crippen LogP contribution in [0.4, 0.5) is 0 Å². The Bertz CT molecular complexity index is 647. The monoisotopic (exact) mass is 314 g/mol. The van der Waals surface area contributed by atoms with Crippen LogP contribution in [0.2, 0.25) is 0 Å². The summed E-state index contributed by atoms with van der Waals surface area (Å²) in [5, 5.41) is 0. The highest BCUT2D eigenvalue weighted by atomic mass is 16.5. The number of ether oxygens (including phenoxy) is 3. The predicted octanol–water partition coefficient (Wildman–Crippen LogP) is 4.89. The molecule has 0 aliphatic heterocycles. The van der Waals surface area contributed by atoms with Crippen molar-refractivity contribution in [2.45, 2.75) is 33.6 Å². The normalized spacial score (nSPS) is 10.7. The molecule has 2 aromatic carbocycles. The zero-order chi connectivity index (χ0) is 16.8. The second-order valence-corrected chi connectivity index (χ2v) is 6.05. The number of aryl methyl sites for hydroxylation is 2. The molecule has 2 rings (SSSR count). The topological polar surface area (TPSA) is 27.7 Å². The molecule has 3 nitrogen and oxygen atoms in total. The lowest BCUT2D eigenvalue weighted by Crippen LogP contribution is -2.11. The van der Waals surface area contributed by atoms with Gasteiger partial charge in [-0.05, 0) is 54.7 Å². The maximum Gasteiger partial charge on any atom is 0.161 e. The van der Waals surface area contributed by atoms with Gasteiger partial charge in [0.05, 0.1) is 7.11 Å². The highest BCUT2D eigenvalue weighted by Crippen LogP contribution is 2.29.